The monoisotopic (exact) mass is 411 g/mol. The van der Waals surface area contributed by atoms with E-state index in [1.54, 1.807) is 45.3 Å². The maximum Gasteiger partial charge on any atom is 0.253 e. The van der Waals surface area contributed by atoms with Crippen LogP contribution < -0.4 is 10.6 Å². The number of carbonyl (C=O) groups excluding carboxylic acids is 2. The van der Waals surface area contributed by atoms with E-state index in [0.29, 0.717) is 21.8 Å². The zero-order valence-corrected chi connectivity index (χ0v) is 16.7. The molecule has 8 heteroatoms. The molecule has 2 amide bonds. The first kappa shape index (κ1) is 21.2. The van der Waals surface area contributed by atoms with Gasteiger partial charge in [0, 0.05) is 36.4 Å². The summed E-state index contributed by atoms with van der Waals surface area (Å²) in [6, 6.07) is 8.83. The number of nitrogens with zero attached hydrogens (tertiary/aromatic N) is 1. The highest BCUT2D eigenvalue weighted by molar-refractivity contribution is 6.35. The van der Waals surface area contributed by atoms with Gasteiger partial charge in [0.05, 0.1) is 11.6 Å². The molecule has 2 aromatic carbocycles. The SMILES string of the molecule is C[C@@H](NCC(=O)Nc1ccc(C(=O)N(C)C)cc1)c1cc(F)c(Cl)cc1Cl. The second kappa shape index (κ2) is 9.17. The van der Waals surface area contributed by atoms with Crippen LogP contribution in [0.5, 0.6) is 0 Å². The van der Waals surface area contributed by atoms with Gasteiger partial charge in [-0.2, -0.15) is 0 Å². The fourth-order valence-electron chi connectivity index (χ4n) is 2.39. The fourth-order valence-corrected chi connectivity index (χ4v) is 2.93. The third-order valence-electron chi connectivity index (χ3n) is 3.90. The quantitative estimate of drug-likeness (QED) is 0.702. The molecule has 2 N–H and O–H groups in total. The van der Waals surface area contributed by atoms with Crippen molar-refractivity contribution in [1.82, 2.24) is 10.2 Å². The average molecular weight is 412 g/mol. The molecule has 5 nitrogen and oxygen atoms in total. The van der Waals surface area contributed by atoms with Crippen LogP contribution in [0.25, 0.3) is 0 Å². The van der Waals surface area contributed by atoms with Crippen LogP contribution in [0.4, 0.5) is 10.1 Å². The Hall–Kier alpha value is -2.15. The second-order valence-electron chi connectivity index (χ2n) is 6.22. The third kappa shape index (κ3) is 5.66. The van der Waals surface area contributed by atoms with Gasteiger partial charge in [-0.05, 0) is 48.9 Å². The molecule has 2 aromatic rings. The van der Waals surface area contributed by atoms with E-state index in [1.165, 1.54) is 17.0 Å². The summed E-state index contributed by atoms with van der Waals surface area (Å²) < 4.78 is 13.6. The Kier molecular flexibility index (Phi) is 7.18. The van der Waals surface area contributed by atoms with Crippen LogP contribution in [0.1, 0.15) is 28.9 Å². The first-order valence-electron chi connectivity index (χ1n) is 8.18. The van der Waals surface area contributed by atoms with Crippen molar-refractivity contribution in [2.24, 2.45) is 0 Å². The van der Waals surface area contributed by atoms with Crippen LogP contribution in [0.3, 0.4) is 0 Å². The van der Waals surface area contributed by atoms with Crippen LogP contribution in [0.15, 0.2) is 36.4 Å². The van der Waals surface area contributed by atoms with Gasteiger partial charge in [-0.25, -0.2) is 4.39 Å². The lowest BCUT2D eigenvalue weighted by Gasteiger charge is -2.16. The molecular weight excluding hydrogens is 392 g/mol. The molecule has 0 saturated heterocycles. The lowest BCUT2D eigenvalue weighted by molar-refractivity contribution is -0.115. The maximum absolute atomic E-state index is 13.6. The predicted octanol–water partition coefficient (Wildman–Crippen LogP) is 4.12. The Morgan fingerprint density at radius 1 is 1.11 bits per heavy atom. The van der Waals surface area contributed by atoms with Gasteiger partial charge in [-0.3, -0.25) is 9.59 Å². The summed E-state index contributed by atoms with van der Waals surface area (Å²) in [6.07, 6.45) is 0. The number of nitrogens with one attached hydrogen (secondary N) is 2. The first-order valence-corrected chi connectivity index (χ1v) is 8.94. The summed E-state index contributed by atoms with van der Waals surface area (Å²) >= 11 is 11.8. The molecular formula is C19H20Cl2FN3O2. The minimum Gasteiger partial charge on any atom is -0.345 e. The molecule has 0 aromatic heterocycles. The molecule has 0 heterocycles. The van der Waals surface area contributed by atoms with E-state index in [-0.39, 0.29) is 29.4 Å². The Labute approximate surface area is 167 Å². The molecule has 0 aliphatic heterocycles. The van der Waals surface area contributed by atoms with Gasteiger partial charge in [0.2, 0.25) is 5.91 Å². The van der Waals surface area contributed by atoms with Crippen molar-refractivity contribution < 1.29 is 14.0 Å². The topological polar surface area (TPSA) is 61.4 Å². The van der Waals surface area contributed by atoms with Gasteiger partial charge in [0.1, 0.15) is 5.82 Å². The van der Waals surface area contributed by atoms with Crippen molar-refractivity contribution in [2.45, 2.75) is 13.0 Å². The zero-order chi connectivity index (χ0) is 20.1. The molecule has 0 aliphatic carbocycles. The van der Waals surface area contributed by atoms with Gasteiger partial charge in [-0.15, -0.1) is 0 Å². The number of hydrogen-bond donors (Lipinski definition) is 2. The Morgan fingerprint density at radius 2 is 1.74 bits per heavy atom. The molecule has 0 bridgehead atoms. The van der Waals surface area contributed by atoms with Gasteiger partial charge in [0.25, 0.3) is 5.91 Å². The summed E-state index contributed by atoms with van der Waals surface area (Å²) in [7, 11) is 3.34. The highest BCUT2D eigenvalue weighted by Gasteiger charge is 2.14. The van der Waals surface area contributed by atoms with Crippen molar-refractivity contribution >= 4 is 40.7 Å². The summed E-state index contributed by atoms with van der Waals surface area (Å²) in [6.45, 7) is 1.77. The average Bonchev–Trinajstić information content (AvgIpc) is 2.62. The van der Waals surface area contributed by atoms with E-state index in [4.69, 9.17) is 23.2 Å². The van der Waals surface area contributed by atoms with E-state index in [2.05, 4.69) is 10.6 Å². The molecule has 144 valence electrons. The standard InChI is InChI=1S/C19H20Cl2FN3O2/c1-11(14-8-17(22)16(21)9-15(14)20)23-10-18(26)24-13-6-4-12(5-7-13)19(27)25(2)3/h4-9,11,23H,10H2,1-3H3,(H,24,26)/t11-/m1/s1. The van der Waals surface area contributed by atoms with E-state index >= 15 is 0 Å². The lowest BCUT2D eigenvalue weighted by Crippen LogP contribution is -2.30. The number of anilines is 1. The molecule has 0 aliphatic rings. The summed E-state index contributed by atoms with van der Waals surface area (Å²) in [4.78, 5) is 25.4. The summed E-state index contributed by atoms with van der Waals surface area (Å²) in [5.74, 6) is -0.962. The Balaban J connectivity index is 1.92. The summed E-state index contributed by atoms with van der Waals surface area (Å²) in [5.41, 5.74) is 1.61. The number of amides is 2. The smallest absolute Gasteiger partial charge is 0.253 e. The van der Waals surface area contributed by atoms with E-state index in [0.717, 1.165) is 0 Å². The van der Waals surface area contributed by atoms with E-state index < -0.39 is 5.82 Å². The molecule has 0 saturated carbocycles. The maximum atomic E-state index is 13.6. The van der Waals surface area contributed by atoms with Gasteiger partial charge >= 0.3 is 0 Å². The normalized spacial score (nSPS) is 11.8. The Bertz CT molecular complexity index is 842. The summed E-state index contributed by atoms with van der Waals surface area (Å²) in [5, 5.41) is 5.98. The lowest BCUT2D eigenvalue weighted by atomic mass is 10.1. The third-order valence-corrected chi connectivity index (χ3v) is 4.51. The largest absolute Gasteiger partial charge is 0.345 e. The highest BCUT2D eigenvalue weighted by atomic mass is 35.5. The molecule has 0 unspecified atom stereocenters. The van der Waals surface area contributed by atoms with E-state index in [9.17, 15) is 14.0 Å². The molecule has 0 radical (unpaired) electrons. The van der Waals surface area contributed by atoms with Crippen molar-refractivity contribution in [3.8, 4) is 0 Å². The Morgan fingerprint density at radius 3 is 2.33 bits per heavy atom. The first-order chi connectivity index (χ1) is 12.7. The molecule has 27 heavy (non-hydrogen) atoms. The fraction of sp³-hybridized carbons (Fsp3) is 0.263. The van der Waals surface area contributed by atoms with Crippen LogP contribution in [-0.2, 0) is 4.79 Å². The van der Waals surface area contributed by atoms with Crippen molar-refractivity contribution in [3.63, 3.8) is 0 Å². The van der Waals surface area contributed by atoms with Gasteiger partial charge in [0.15, 0.2) is 0 Å². The van der Waals surface area contributed by atoms with E-state index in [1.807, 2.05) is 0 Å². The number of carbonyl (C=O) groups is 2. The highest BCUT2D eigenvalue weighted by Crippen LogP contribution is 2.28. The van der Waals surface area contributed by atoms with Gasteiger partial charge < -0.3 is 15.5 Å². The van der Waals surface area contributed by atoms with Gasteiger partial charge in [-0.1, -0.05) is 23.2 Å². The molecule has 2 rings (SSSR count). The molecule has 0 fully saturated rings. The van der Waals surface area contributed by atoms with Crippen LogP contribution in [0.2, 0.25) is 10.0 Å². The second-order valence-corrected chi connectivity index (χ2v) is 7.03. The number of hydrogen-bond acceptors (Lipinski definition) is 3. The molecule has 1 atom stereocenters. The minimum atomic E-state index is -0.568. The molecule has 0 spiro atoms. The van der Waals surface area contributed by atoms with Crippen molar-refractivity contribution in [1.29, 1.82) is 0 Å². The van der Waals surface area contributed by atoms with Crippen LogP contribution in [-0.4, -0.2) is 37.4 Å². The number of benzene rings is 2. The van der Waals surface area contributed by atoms with Crippen molar-refractivity contribution in [2.75, 3.05) is 26.0 Å². The number of halogens is 3. The van der Waals surface area contributed by atoms with Crippen LogP contribution in [0, 0.1) is 5.82 Å². The predicted molar refractivity (Wildman–Crippen MR) is 106 cm³/mol. The zero-order valence-electron chi connectivity index (χ0n) is 15.1. The van der Waals surface area contributed by atoms with Crippen LogP contribution >= 0.6 is 23.2 Å². The number of rotatable bonds is 6. The minimum absolute atomic E-state index is 0.000120. The van der Waals surface area contributed by atoms with Crippen molar-refractivity contribution in [3.05, 3.63) is 63.4 Å².